The Bertz CT molecular complexity index is 425. The van der Waals surface area contributed by atoms with E-state index in [9.17, 15) is 5.11 Å². The lowest BCUT2D eigenvalue weighted by atomic mass is 9.68. The number of hydrogen-bond donors (Lipinski definition) is 1. The van der Waals surface area contributed by atoms with Crippen molar-refractivity contribution >= 4 is 5.82 Å². The Morgan fingerprint density at radius 2 is 1.83 bits per heavy atom. The van der Waals surface area contributed by atoms with Crippen LogP contribution in [0.2, 0.25) is 0 Å². The van der Waals surface area contributed by atoms with E-state index in [1.54, 1.807) is 0 Å². The second kappa shape index (κ2) is 3.92. The second-order valence-electron chi connectivity index (χ2n) is 6.68. The normalized spacial score (nSPS) is 31.1. The van der Waals surface area contributed by atoms with Crippen molar-refractivity contribution in [3.63, 3.8) is 0 Å². The van der Waals surface area contributed by atoms with E-state index in [2.05, 4.69) is 48.0 Å². The van der Waals surface area contributed by atoms with Gasteiger partial charge in [-0.3, -0.25) is 0 Å². The van der Waals surface area contributed by atoms with Crippen LogP contribution in [0.5, 0.6) is 0 Å². The van der Waals surface area contributed by atoms with Gasteiger partial charge in [-0.2, -0.15) is 5.10 Å². The summed E-state index contributed by atoms with van der Waals surface area (Å²) in [6, 6.07) is 4.13. The fourth-order valence-corrected chi connectivity index (χ4v) is 2.94. The van der Waals surface area contributed by atoms with E-state index in [0.717, 1.165) is 24.6 Å². The third kappa shape index (κ3) is 1.88. The Morgan fingerprint density at radius 3 is 2.28 bits per heavy atom. The summed E-state index contributed by atoms with van der Waals surface area (Å²) >= 11 is 0. The lowest BCUT2D eigenvalue weighted by molar-refractivity contribution is -0.0533. The maximum atomic E-state index is 9.78. The van der Waals surface area contributed by atoms with Gasteiger partial charge in [0.05, 0.1) is 11.8 Å². The van der Waals surface area contributed by atoms with Crippen LogP contribution in [0.15, 0.2) is 12.1 Å². The average molecular weight is 247 g/mol. The molecule has 3 aliphatic rings. The molecule has 18 heavy (non-hydrogen) atoms. The van der Waals surface area contributed by atoms with E-state index in [-0.39, 0.29) is 11.5 Å². The Kier molecular flexibility index (Phi) is 2.59. The highest BCUT2D eigenvalue weighted by atomic mass is 16.3. The number of piperidine rings is 2. The number of aliphatic hydroxyl groups excluding tert-OH is 1. The minimum atomic E-state index is -0.0805. The number of nitrogens with zero attached hydrogens (tertiary/aromatic N) is 3. The van der Waals surface area contributed by atoms with Crippen LogP contribution in [0.4, 0.5) is 5.82 Å². The summed E-state index contributed by atoms with van der Waals surface area (Å²) in [5, 5.41) is 18.5. The molecule has 3 heterocycles. The summed E-state index contributed by atoms with van der Waals surface area (Å²) in [5.74, 6) is 1.82. The predicted octanol–water partition coefficient (Wildman–Crippen LogP) is 1.59. The molecule has 2 bridgehead atoms. The molecule has 1 aromatic rings. The van der Waals surface area contributed by atoms with Crippen molar-refractivity contribution in [1.82, 2.24) is 10.2 Å². The van der Waals surface area contributed by atoms with Crippen LogP contribution in [-0.2, 0) is 5.41 Å². The van der Waals surface area contributed by atoms with Crippen molar-refractivity contribution in [3.05, 3.63) is 17.8 Å². The number of anilines is 1. The Balaban J connectivity index is 1.74. The van der Waals surface area contributed by atoms with Crippen LogP contribution >= 0.6 is 0 Å². The smallest absolute Gasteiger partial charge is 0.151 e. The molecule has 1 aliphatic carbocycles. The van der Waals surface area contributed by atoms with Crippen LogP contribution in [0.25, 0.3) is 0 Å². The summed E-state index contributed by atoms with van der Waals surface area (Å²) in [5.41, 5.74) is 1.07. The first-order valence-electron chi connectivity index (χ1n) is 6.72. The molecule has 1 N–H and O–H groups in total. The highest BCUT2D eigenvalue weighted by Crippen LogP contribution is 2.41. The zero-order chi connectivity index (χ0) is 12.9. The van der Waals surface area contributed by atoms with E-state index in [4.69, 9.17) is 0 Å². The molecule has 4 heteroatoms. The number of aromatic nitrogens is 2. The topological polar surface area (TPSA) is 49.2 Å². The largest absolute Gasteiger partial charge is 0.392 e. The molecule has 1 aromatic heterocycles. The first-order valence-corrected chi connectivity index (χ1v) is 6.72. The van der Waals surface area contributed by atoms with Gasteiger partial charge in [-0.15, -0.1) is 5.10 Å². The van der Waals surface area contributed by atoms with Gasteiger partial charge in [-0.25, -0.2) is 0 Å². The fraction of sp³-hybridized carbons (Fsp3) is 0.714. The minimum Gasteiger partial charge on any atom is -0.392 e. The van der Waals surface area contributed by atoms with Crippen LogP contribution in [0, 0.1) is 11.8 Å². The molecular weight excluding hydrogens is 226 g/mol. The summed E-state index contributed by atoms with van der Waals surface area (Å²) in [4.78, 5) is 2.25. The van der Waals surface area contributed by atoms with Crippen molar-refractivity contribution < 1.29 is 5.11 Å². The lowest BCUT2D eigenvalue weighted by Gasteiger charge is -2.51. The third-order valence-electron chi connectivity index (χ3n) is 4.22. The van der Waals surface area contributed by atoms with E-state index in [1.165, 1.54) is 6.42 Å². The molecule has 0 radical (unpaired) electrons. The van der Waals surface area contributed by atoms with Crippen LogP contribution in [0.3, 0.4) is 0 Å². The number of fused-ring (bicyclic) bond motifs is 2. The molecule has 98 valence electrons. The highest BCUT2D eigenvalue weighted by Gasteiger charge is 2.46. The average Bonchev–Trinajstić information content (AvgIpc) is 2.37. The lowest BCUT2D eigenvalue weighted by Crippen LogP contribution is -2.58. The Hall–Kier alpha value is -1.16. The van der Waals surface area contributed by atoms with Crippen molar-refractivity contribution in [3.8, 4) is 0 Å². The summed E-state index contributed by atoms with van der Waals surface area (Å²) in [7, 11) is 0. The maximum Gasteiger partial charge on any atom is 0.151 e. The van der Waals surface area contributed by atoms with E-state index < -0.39 is 0 Å². The standard InChI is InChI=1S/C14H21N3O/c1-14(2,3)11-4-5-12(16-15-11)17-7-9-6-10(8-17)13(9)18/h4-5,9-10,13,18H,6-8H2,1-3H3. The van der Waals surface area contributed by atoms with Crippen molar-refractivity contribution in [2.24, 2.45) is 11.8 Å². The maximum absolute atomic E-state index is 9.78. The van der Waals surface area contributed by atoms with E-state index in [1.807, 2.05) is 0 Å². The van der Waals surface area contributed by atoms with E-state index >= 15 is 0 Å². The zero-order valence-electron chi connectivity index (χ0n) is 11.3. The van der Waals surface area contributed by atoms with Crippen molar-refractivity contribution in [2.45, 2.75) is 38.7 Å². The van der Waals surface area contributed by atoms with Crippen molar-refractivity contribution in [1.29, 1.82) is 0 Å². The molecule has 4 nitrogen and oxygen atoms in total. The molecule has 0 amide bonds. The van der Waals surface area contributed by atoms with Gasteiger partial charge in [0.25, 0.3) is 0 Å². The van der Waals surface area contributed by atoms with E-state index in [0.29, 0.717) is 11.8 Å². The SMILES string of the molecule is CC(C)(C)c1ccc(N2CC3CC(C2)C3O)nn1. The summed E-state index contributed by atoms with van der Waals surface area (Å²) < 4.78 is 0. The molecule has 0 spiro atoms. The molecule has 0 aromatic carbocycles. The molecule has 2 saturated heterocycles. The highest BCUT2D eigenvalue weighted by molar-refractivity contribution is 5.40. The molecule has 2 atom stereocenters. The monoisotopic (exact) mass is 247 g/mol. The molecule has 1 saturated carbocycles. The van der Waals surface area contributed by atoms with Crippen molar-refractivity contribution in [2.75, 3.05) is 18.0 Å². The third-order valence-corrected chi connectivity index (χ3v) is 4.22. The summed E-state index contributed by atoms with van der Waals surface area (Å²) in [6.45, 7) is 8.26. The Morgan fingerprint density at radius 1 is 1.17 bits per heavy atom. The molecular formula is C14H21N3O. The molecule has 2 unspecified atom stereocenters. The minimum absolute atomic E-state index is 0.0474. The zero-order valence-corrected chi connectivity index (χ0v) is 11.3. The first-order chi connectivity index (χ1) is 8.45. The predicted molar refractivity (Wildman–Crippen MR) is 70.5 cm³/mol. The first kappa shape index (κ1) is 11.9. The van der Waals surface area contributed by atoms with Gasteiger partial charge in [0, 0.05) is 30.3 Å². The quantitative estimate of drug-likeness (QED) is 0.819. The number of aliphatic hydroxyl groups is 1. The molecule has 3 fully saturated rings. The van der Waals surface area contributed by atoms with Crippen LogP contribution in [0.1, 0.15) is 32.9 Å². The number of hydrogen-bond acceptors (Lipinski definition) is 4. The Labute approximate surface area is 108 Å². The van der Waals surface area contributed by atoms with Crippen LogP contribution in [-0.4, -0.2) is 34.5 Å². The van der Waals surface area contributed by atoms with Gasteiger partial charge in [-0.05, 0) is 18.6 Å². The van der Waals surface area contributed by atoms with Gasteiger partial charge in [0.15, 0.2) is 5.82 Å². The summed E-state index contributed by atoms with van der Waals surface area (Å²) in [6.07, 6.45) is 1.09. The molecule has 4 rings (SSSR count). The number of rotatable bonds is 1. The van der Waals surface area contributed by atoms with Gasteiger partial charge in [-0.1, -0.05) is 20.8 Å². The fourth-order valence-electron chi connectivity index (χ4n) is 2.94. The van der Waals surface area contributed by atoms with Gasteiger partial charge < -0.3 is 10.0 Å². The molecule has 2 aliphatic heterocycles. The van der Waals surface area contributed by atoms with Gasteiger partial charge in [0.2, 0.25) is 0 Å². The van der Waals surface area contributed by atoms with Crippen LogP contribution < -0.4 is 4.90 Å². The second-order valence-corrected chi connectivity index (χ2v) is 6.68. The van der Waals surface area contributed by atoms with Gasteiger partial charge in [0.1, 0.15) is 0 Å². The van der Waals surface area contributed by atoms with Gasteiger partial charge >= 0.3 is 0 Å².